The van der Waals surface area contributed by atoms with Gasteiger partial charge < -0.3 is 4.90 Å². The van der Waals surface area contributed by atoms with Gasteiger partial charge in [0.2, 0.25) is 0 Å². The Bertz CT molecular complexity index is 2540. The van der Waals surface area contributed by atoms with Gasteiger partial charge in [0, 0.05) is 16.9 Å². The van der Waals surface area contributed by atoms with Crippen LogP contribution in [0, 0.1) is 0 Å². The predicted molar refractivity (Wildman–Crippen MR) is 227 cm³/mol. The van der Waals surface area contributed by atoms with E-state index in [1.54, 1.807) is 0 Å². The van der Waals surface area contributed by atoms with Crippen molar-refractivity contribution in [1.82, 2.24) is 0 Å². The van der Waals surface area contributed by atoms with Gasteiger partial charge in [0.25, 0.3) is 0 Å². The fraction of sp³-hybridized carbons (Fsp3) is 0.0943. The molecular formula is C53H41N. The predicted octanol–water partition coefficient (Wildman–Crippen LogP) is 14.2. The molecule has 8 aromatic rings. The number of hydrogen-bond acceptors (Lipinski definition) is 1. The molecule has 1 unspecified atom stereocenters. The molecular weight excluding hydrogens is 651 g/mol. The lowest BCUT2D eigenvalue weighted by Gasteiger charge is -2.32. The van der Waals surface area contributed by atoms with Gasteiger partial charge in [-0.2, -0.15) is 0 Å². The van der Waals surface area contributed by atoms with Gasteiger partial charge in [-0.1, -0.05) is 177 Å². The third kappa shape index (κ3) is 5.00. The molecule has 2 aliphatic carbocycles. The standard InChI is InChI=1S/C53H41N/c1-2-3-15-37-26-35-45-44-20-10-12-22-47(44)53(50(45)36-37)48-23-13-11-21-46(48)52-49(53)24-14-25-51(52)54(42-31-27-40(28-32-42)38-16-6-4-7-17-38)43-33-29-41(30-34-43)39-18-8-5-9-19-39/h4-14,16-36H,2-3,15H2,1H3. The highest BCUT2D eigenvalue weighted by Crippen LogP contribution is 2.64. The van der Waals surface area contributed by atoms with Crippen molar-refractivity contribution in [3.05, 3.63) is 222 Å². The highest BCUT2D eigenvalue weighted by molar-refractivity contribution is 6.01. The third-order valence-corrected chi connectivity index (χ3v) is 11.7. The van der Waals surface area contributed by atoms with Crippen molar-refractivity contribution in [2.45, 2.75) is 31.6 Å². The summed E-state index contributed by atoms with van der Waals surface area (Å²) in [6, 6.07) is 72.1. The number of anilines is 3. The minimum absolute atomic E-state index is 0.407. The first-order chi connectivity index (χ1) is 26.8. The molecule has 2 aliphatic rings. The molecule has 1 spiro atoms. The zero-order valence-corrected chi connectivity index (χ0v) is 30.5. The molecule has 0 fully saturated rings. The summed E-state index contributed by atoms with van der Waals surface area (Å²) in [5, 5.41) is 0. The maximum absolute atomic E-state index is 2.53. The summed E-state index contributed by atoms with van der Waals surface area (Å²) in [5.41, 5.74) is 20.1. The molecule has 0 N–H and O–H groups in total. The number of hydrogen-bond donors (Lipinski definition) is 0. The van der Waals surface area contributed by atoms with Gasteiger partial charge in [0.1, 0.15) is 0 Å². The molecule has 1 nitrogen and oxygen atoms in total. The van der Waals surface area contributed by atoms with Gasteiger partial charge in [0.05, 0.1) is 11.1 Å². The van der Waals surface area contributed by atoms with Crippen LogP contribution in [0.1, 0.15) is 47.6 Å². The second kappa shape index (κ2) is 13.2. The van der Waals surface area contributed by atoms with Gasteiger partial charge >= 0.3 is 0 Å². The largest absolute Gasteiger partial charge is 0.310 e. The Morgan fingerprint density at radius 2 is 0.907 bits per heavy atom. The Hall–Kier alpha value is -6.44. The molecule has 10 rings (SSSR count). The molecule has 0 bridgehead atoms. The van der Waals surface area contributed by atoms with E-state index in [4.69, 9.17) is 0 Å². The van der Waals surface area contributed by atoms with E-state index in [2.05, 4.69) is 206 Å². The number of nitrogens with zero attached hydrogens (tertiary/aromatic N) is 1. The van der Waals surface area contributed by atoms with Crippen LogP contribution in [-0.4, -0.2) is 0 Å². The van der Waals surface area contributed by atoms with E-state index >= 15 is 0 Å². The van der Waals surface area contributed by atoms with Gasteiger partial charge in [0.15, 0.2) is 0 Å². The molecule has 0 saturated heterocycles. The molecule has 8 aromatic carbocycles. The maximum Gasteiger partial charge on any atom is 0.0726 e. The van der Waals surface area contributed by atoms with Gasteiger partial charge in [-0.15, -0.1) is 0 Å². The van der Waals surface area contributed by atoms with Crippen LogP contribution in [-0.2, 0) is 11.8 Å². The van der Waals surface area contributed by atoms with Crippen LogP contribution in [0.5, 0.6) is 0 Å². The van der Waals surface area contributed by atoms with Crippen LogP contribution >= 0.6 is 0 Å². The van der Waals surface area contributed by atoms with Crippen molar-refractivity contribution in [2.75, 3.05) is 4.90 Å². The Labute approximate surface area is 318 Å². The van der Waals surface area contributed by atoms with Crippen molar-refractivity contribution in [3.8, 4) is 44.5 Å². The molecule has 0 heterocycles. The van der Waals surface area contributed by atoms with Crippen LogP contribution in [0.4, 0.5) is 17.1 Å². The quantitative estimate of drug-likeness (QED) is 0.153. The van der Waals surface area contributed by atoms with Crippen molar-refractivity contribution in [1.29, 1.82) is 0 Å². The summed E-state index contributed by atoms with van der Waals surface area (Å²) >= 11 is 0. The van der Waals surface area contributed by atoms with Crippen molar-refractivity contribution < 1.29 is 0 Å². The summed E-state index contributed by atoms with van der Waals surface area (Å²) < 4.78 is 0. The topological polar surface area (TPSA) is 3.24 Å². The maximum atomic E-state index is 2.53. The van der Waals surface area contributed by atoms with E-state index in [-0.39, 0.29) is 0 Å². The molecule has 54 heavy (non-hydrogen) atoms. The summed E-state index contributed by atoms with van der Waals surface area (Å²) in [6.45, 7) is 2.28. The summed E-state index contributed by atoms with van der Waals surface area (Å²) in [4.78, 5) is 2.47. The van der Waals surface area contributed by atoms with E-state index < -0.39 is 5.41 Å². The van der Waals surface area contributed by atoms with E-state index in [0.29, 0.717) is 0 Å². The normalized spacial score (nSPS) is 14.7. The van der Waals surface area contributed by atoms with Crippen molar-refractivity contribution in [3.63, 3.8) is 0 Å². The molecule has 1 atom stereocenters. The number of aryl methyl sites for hydroxylation is 1. The number of rotatable bonds is 8. The minimum atomic E-state index is -0.407. The molecule has 0 aromatic heterocycles. The van der Waals surface area contributed by atoms with E-state index in [1.165, 1.54) is 90.9 Å². The van der Waals surface area contributed by atoms with Gasteiger partial charge in [-0.3, -0.25) is 0 Å². The molecule has 0 amide bonds. The van der Waals surface area contributed by atoms with Crippen LogP contribution in [0.3, 0.4) is 0 Å². The second-order valence-corrected chi connectivity index (χ2v) is 14.7. The first kappa shape index (κ1) is 32.2. The SMILES string of the molecule is CCCCc1ccc2c(c1)C1(c3ccccc3-2)c2ccccc2-c2c(N(c3ccc(-c4ccccc4)cc3)c3ccc(-c4ccccc4)cc3)cccc21. The molecule has 0 saturated carbocycles. The number of fused-ring (bicyclic) bond motifs is 10. The molecule has 1 heteroatoms. The highest BCUT2D eigenvalue weighted by Gasteiger charge is 2.52. The Balaban J connectivity index is 1.21. The Morgan fingerprint density at radius 3 is 1.52 bits per heavy atom. The highest BCUT2D eigenvalue weighted by atomic mass is 15.1. The van der Waals surface area contributed by atoms with Crippen LogP contribution in [0.25, 0.3) is 44.5 Å². The average molecular weight is 692 g/mol. The summed E-state index contributed by atoms with van der Waals surface area (Å²) in [7, 11) is 0. The molecule has 0 radical (unpaired) electrons. The minimum Gasteiger partial charge on any atom is -0.310 e. The fourth-order valence-electron chi connectivity index (χ4n) is 9.23. The van der Waals surface area contributed by atoms with Crippen LogP contribution < -0.4 is 4.90 Å². The van der Waals surface area contributed by atoms with E-state index in [1.807, 2.05) is 0 Å². The lowest BCUT2D eigenvalue weighted by molar-refractivity contribution is 0.775. The second-order valence-electron chi connectivity index (χ2n) is 14.7. The zero-order valence-electron chi connectivity index (χ0n) is 30.5. The molecule has 258 valence electrons. The van der Waals surface area contributed by atoms with E-state index in [0.717, 1.165) is 17.8 Å². The lowest BCUT2D eigenvalue weighted by atomic mass is 9.70. The van der Waals surface area contributed by atoms with E-state index in [9.17, 15) is 0 Å². The van der Waals surface area contributed by atoms with Crippen molar-refractivity contribution >= 4 is 17.1 Å². The van der Waals surface area contributed by atoms with Gasteiger partial charge in [-0.05, 0) is 110 Å². The van der Waals surface area contributed by atoms with Crippen LogP contribution in [0.2, 0.25) is 0 Å². The monoisotopic (exact) mass is 691 g/mol. The Morgan fingerprint density at radius 1 is 0.407 bits per heavy atom. The number of benzene rings is 8. The number of unbranched alkanes of at least 4 members (excludes halogenated alkanes) is 1. The first-order valence-corrected chi connectivity index (χ1v) is 19.3. The zero-order chi connectivity index (χ0) is 36.1. The Kier molecular flexibility index (Phi) is 7.88. The third-order valence-electron chi connectivity index (χ3n) is 11.7. The lowest BCUT2D eigenvalue weighted by Crippen LogP contribution is -2.26. The smallest absolute Gasteiger partial charge is 0.0726 e. The van der Waals surface area contributed by atoms with Gasteiger partial charge in [-0.25, -0.2) is 0 Å². The summed E-state index contributed by atoms with van der Waals surface area (Å²) in [5.74, 6) is 0. The summed E-state index contributed by atoms with van der Waals surface area (Å²) in [6.07, 6.45) is 3.47. The average Bonchev–Trinajstić information content (AvgIpc) is 3.72. The fourth-order valence-corrected chi connectivity index (χ4v) is 9.23. The van der Waals surface area contributed by atoms with Crippen molar-refractivity contribution in [2.24, 2.45) is 0 Å². The molecule has 0 aliphatic heterocycles. The first-order valence-electron chi connectivity index (χ1n) is 19.3. The van der Waals surface area contributed by atoms with Crippen LogP contribution in [0.15, 0.2) is 194 Å².